The minimum absolute atomic E-state index is 0.0654. The maximum atomic E-state index is 12.3. The molecule has 1 aromatic rings. The van der Waals surface area contributed by atoms with Gasteiger partial charge < -0.3 is 15.1 Å². The van der Waals surface area contributed by atoms with Gasteiger partial charge in [-0.05, 0) is 27.7 Å². The van der Waals surface area contributed by atoms with E-state index in [1.165, 1.54) is 11.5 Å². The van der Waals surface area contributed by atoms with Gasteiger partial charge in [-0.15, -0.1) is 0 Å². The summed E-state index contributed by atoms with van der Waals surface area (Å²) in [6.45, 7) is 13.6. The van der Waals surface area contributed by atoms with E-state index in [0.717, 1.165) is 56.1 Å². The summed E-state index contributed by atoms with van der Waals surface area (Å²) in [6.07, 6.45) is 0.852. The fourth-order valence-corrected chi connectivity index (χ4v) is 4.38. The smallest absolute Gasteiger partial charge is 0.205 e. The summed E-state index contributed by atoms with van der Waals surface area (Å²) < 4.78 is 28.2. The van der Waals surface area contributed by atoms with E-state index >= 15 is 0 Å². The Morgan fingerprint density at radius 1 is 1.22 bits per heavy atom. The second-order valence-electron chi connectivity index (χ2n) is 7.49. The molecule has 0 spiro atoms. The number of aryl methyl sites for hydroxylation is 1. The van der Waals surface area contributed by atoms with Crippen LogP contribution in [0.3, 0.4) is 0 Å². The van der Waals surface area contributed by atoms with Crippen LogP contribution < -0.4 is 10.2 Å². The first-order valence-corrected chi connectivity index (χ1v) is 11.9. The molecule has 154 valence electrons. The molecule has 8 nitrogen and oxygen atoms in total. The molecule has 1 aromatic heterocycles. The van der Waals surface area contributed by atoms with Crippen LogP contribution in [0.1, 0.15) is 40.4 Å². The third kappa shape index (κ3) is 5.78. The molecular weight excluding hydrogens is 384 g/mol. The maximum absolute atomic E-state index is 12.3. The van der Waals surface area contributed by atoms with E-state index in [4.69, 9.17) is 0 Å². The Morgan fingerprint density at radius 2 is 1.89 bits per heavy atom. The molecule has 10 heteroatoms. The van der Waals surface area contributed by atoms with Crippen molar-refractivity contribution in [2.24, 2.45) is 4.99 Å². The lowest BCUT2D eigenvalue weighted by Gasteiger charge is -2.36. The average Bonchev–Trinajstić information content (AvgIpc) is 3.09. The summed E-state index contributed by atoms with van der Waals surface area (Å²) >= 11 is 1.45. The van der Waals surface area contributed by atoms with Crippen LogP contribution in [0.4, 0.5) is 5.13 Å². The minimum atomic E-state index is -3.16. The van der Waals surface area contributed by atoms with E-state index in [1.807, 2.05) is 6.92 Å². The molecular formula is C17H32N6O2S2. The van der Waals surface area contributed by atoms with Gasteiger partial charge in [0.05, 0.1) is 17.0 Å². The molecule has 0 saturated carbocycles. The number of nitrogens with one attached hydrogen (secondary N) is 1. The van der Waals surface area contributed by atoms with Gasteiger partial charge in [-0.1, -0.05) is 6.92 Å². The van der Waals surface area contributed by atoms with Gasteiger partial charge in [0.2, 0.25) is 5.13 Å². The van der Waals surface area contributed by atoms with E-state index in [2.05, 4.69) is 36.4 Å². The van der Waals surface area contributed by atoms with Crippen LogP contribution in [0.15, 0.2) is 4.99 Å². The number of guanidine groups is 1. The van der Waals surface area contributed by atoms with Crippen molar-refractivity contribution < 1.29 is 8.42 Å². The highest BCUT2D eigenvalue weighted by Crippen LogP contribution is 2.19. The zero-order chi connectivity index (χ0) is 20.1. The van der Waals surface area contributed by atoms with Gasteiger partial charge in [0.25, 0.3) is 0 Å². The first kappa shape index (κ1) is 21.9. The molecule has 1 aliphatic rings. The number of nitrogens with zero attached hydrogens (tertiary/aromatic N) is 5. The molecule has 1 N–H and O–H groups in total. The molecule has 2 heterocycles. The summed E-state index contributed by atoms with van der Waals surface area (Å²) in [5.41, 5.74) is 0. The van der Waals surface area contributed by atoms with Crippen molar-refractivity contribution in [2.75, 3.05) is 49.9 Å². The Kier molecular flexibility index (Phi) is 7.44. The van der Waals surface area contributed by atoms with Gasteiger partial charge in [-0.3, -0.25) is 4.99 Å². The second kappa shape index (κ2) is 9.18. The first-order valence-electron chi connectivity index (χ1n) is 9.51. The molecule has 0 bridgehead atoms. The van der Waals surface area contributed by atoms with Crippen LogP contribution >= 0.6 is 11.5 Å². The summed E-state index contributed by atoms with van der Waals surface area (Å²) in [6, 6.07) is 0. The molecule has 27 heavy (non-hydrogen) atoms. The van der Waals surface area contributed by atoms with Crippen LogP contribution in [-0.2, 0) is 16.3 Å². The second-order valence-corrected chi connectivity index (χ2v) is 11.1. The van der Waals surface area contributed by atoms with Crippen molar-refractivity contribution >= 4 is 32.5 Å². The molecule has 1 saturated heterocycles. The monoisotopic (exact) mass is 416 g/mol. The van der Waals surface area contributed by atoms with E-state index in [-0.39, 0.29) is 12.3 Å². The third-order valence-electron chi connectivity index (χ3n) is 4.51. The number of anilines is 1. The SMILES string of the molecule is CCNC(=NCCS(=O)(=O)C(C)(C)C)N1CCN(c2nc(CC)ns2)CC1. The van der Waals surface area contributed by atoms with Crippen LogP contribution in [0.2, 0.25) is 0 Å². The minimum Gasteiger partial charge on any atom is -0.357 e. The Labute approximate surface area is 167 Å². The number of rotatable bonds is 6. The summed E-state index contributed by atoms with van der Waals surface area (Å²) in [5.74, 6) is 1.75. The van der Waals surface area contributed by atoms with Crippen LogP contribution in [0, 0.1) is 0 Å². The Bertz CT molecular complexity index is 731. The Balaban J connectivity index is 1.95. The molecule has 2 rings (SSSR count). The summed E-state index contributed by atoms with van der Waals surface area (Å²) in [4.78, 5) is 13.6. The van der Waals surface area contributed by atoms with Crippen LogP contribution in [-0.4, -0.2) is 78.4 Å². The topological polar surface area (TPSA) is 90.8 Å². The molecule has 1 aliphatic heterocycles. The standard InChI is InChI=1S/C17H32N6O2S2/c1-6-14-20-16(26-21-14)23-11-9-22(10-12-23)15(18-7-2)19-8-13-27(24,25)17(3,4)5/h6-13H2,1-5H3,(H,18,19). The van der Waals surface area contributed by atoms with Gasteiger partial charge in [-0.25, -0.2) is 13.4 Å². The van der Waals surface area contributed by atoms with Gasteiger partial charge in [-0.2, -0.15) is 4.37 Å². The highest BCUT2D eigenvalue weighted by molar-refractivity contribution is 7.92. The first-order chi connectivity index (χ1) is 12.7. The van der Waals surface area contributed by atoms with Crippen LogP contribution in [0.25, 0.3) is 0 Å². The zero-order valence-electron chi connectivity index (χ0n) is 17.0. The molecule has 0 aliphatic carbocycles. The average molecular weight is 417 g/mol. The molecule has 1 fully saturated rings. The van der Waals surface area contributed by atoms with Gasteiger partial charge in [0.15, 0.2) is 15.8 Å². The van der Waals surface area contributed by atoms with Crippen LogP contribution in [0.5, 0.6) is 0 Å². The summed E-state index contributed by atoms with van der Waals surface area (Å²) in [5, 5.41) is 4.26. The fourth-order valence-electron chi connectivity index (χ4n) is 2.63. The predicted octanol–water partition coefficient (Wildman–Crippen LogP) is 1.40. The van der Waals surface area contributed by atoms with E-state index in [1.54, 1.807) is 20.8 Å². The van der Waals surface area contributed by atoms with Crippen molar-refractivity contribution in [2.45, 2.75) is 45.8 Å². The lowest BCUT2D eigenvalue weighted by Crippen LogP contribution is -2.52. The number of aromatic nitrogens is 2. The number of aliphatic imine (C=N–C) groups is 1. The van der Waals surface area contributed by atoms with Gasteiger partial charge in [0, 0.05) is 50.7 Å². The van der Waals surface area contributed by atoms with Crippen molar-refractivity contribution in [3.8, 4) is 0 Å². The third-order valence-corrected chi connectivity index (χ3v) is 7.91. The highest BCUT2D eigenvalue weighted by atomic mass is 32.2. The zero-order valence-corrected chi connectivity index (χ0v) is 18.7. The number of hydrogen-bond acceptors (Lipinski definition) is 7. The Hall–Kier alpha value is -1.42. The van der Waals surface area contributed by atoms with Crippen molar-refractivity contribution in [3.05, 3.63) is 5.82 Å². The van der Waals surface area contributed by atoms with Crippen molar-refractivity contribution in [1.82, 2.24) is 19.6 Å². The maximum Gasteiger partial charge on any atom is 0.205 e. The van der Waals surface area contributed by atoms with E-state index in [0.29, 0.717) is 0 Å². The number of hydrogen-bond donors (Lipinski definition) is 1. The van der Waals surface area contributed by atoms with E-state index < -0.39 is 14.6 Å². The predicted molar refractivity (Wildman–Crippen MR) is 113 cm³/mol. The number of piperazine rings is 1. The molecule has 0 unspecified atom stereocenters. The lowest BCUT2D eigenvalue weighted by molar-refractivity contribution is 0.372. The largest absolute Gasteiger partial charge is 0.357 e. The Morgan fingerprint density at radius 3 is 2.41 bits per heavy atom. The normalized spacial score (nSPS) is 16.7. The van der Waals surface area contributed by atoms with Gasteiger partial charge in [0.1, 0.15) is 5.82 Å². The molecule has 0 amide bonds. The van der Waals surface area contributed by atoms with E-state index in [9.17, 15) is 8.42 Å². The molecule has 0 aromatic carbocycles. The summed E-state index contributed by atoms with van der Waals surface area (Å²) in [7, 11) is -3.16. The number of sulfone groups is 1. The fraction of sp³-hybridized carbons (Fsp3) is 0.824. The van der Waals surface area contributed by atoms with Crippen molar-refractivity contribution in [1.29, 1.82) is 0 Å². The highest BCUT2D eigenvalue weighted by Gasteiger charge is 2.28. The van der Waals surface area contributed by atoms with Gasteiger partial charge >= 0.3 is 0 Å². The molecule has 0 radical (unpaired) electrons. The lowest BCUT2D eigenvalue weighted by atomic mass is 10.3. The van der Waals surface area contributed by atoms with Crippen molar-refractivity contribution in [3.63, 3.8) is 0 Å². The quantitative estimate of drug-likeness (QED) is 0.554. The molecule has 0 atom stereocenters.